The molecule has 0 atom stereocenters. The van der Waals surface area contributed by atoms with E-state index in [1.54, 1.807) is 12.1 Å². The number of ether oxygens (including phenoxy) is 1. The molecule has 0 aliphatic carbocycles. The van der Waals surface area contributed by atoms with Gasteiger partial charge >= 0.3 is 0 Å². The van der Waals surface area contributed by atoms with Crippen molar-refractivity contribution in [3.8, 4) is 5.75 Å². The molecule has 0 aliphatic heterocycles. The standard InChI is InChI=1S/C22H20F2N2O4S/c1-30-21-11-6-15(22(27)25-19-5-3-4-18(24)13-19)12-16(21)14-26(31(2,28)29)20-9-7-17(23)8-10-20/h3-13H,14H2,1-2H3,(H,25,27). The second kappa shape index (κ2) is 9.13. The van der Waals surface area contributed by atoms with Crippen LogP contribution in [-0.2, 0) is 16.6 Å². The second-order valence-corrected chi connectivity index (χ2v) is 8.64. The van der Waals surface area contributed by atoms with Gasteiger partial charge in [-0.05, 0) is 60.7 Å². The third-order valence-electron chi connectivity index (χ3n) is 4.45. The summed E-state index contributed by atoms with van der Waals surface area (Å²) in [4.78, 5) is 12.6. The van der Waals surface area contributed by atoms with Crippen LogP contribution in [0.1, 0.15) is 15.9 Å². The van der Waals surface area contributed by atoms with E-state index in [1.165, 1.54) is 49.6 Å². The van der Waals surface area contributed by atoms with Crippen LogP contribution in [0.2, 0.25) is 0 Å². The van der Waals surface area contributed by atoms with Gasteiger partial charge in [0.2, 0.25) is 10.0 Å². The Bertz CT molecular complexity index is 1200. The van der Waals surface area contributed by atoms with Gasteiger partial charge in [-0.1, -0.05) is 6.07 Å². The van der Waals surface area contributed by atoms with E-state index in [2.05, 4.69) is 5.32 Å². The SMILES string of the molecule is COc1ccc(C(=O)Nc2cccc(F)c2)cc1CN(c1ccc(F)cc1)S(C)(=O)=O. The molecule has 6 nitrogen and oxygen atoms in total. The Kier molecular flexibility index (Phi) is 6.55. The first-order chi connectivity index (χ1) is 14.7. The molecule has 0 aromatic heterocycles. The number of carbonyl (C=O) groups is 1. The van der Waals surface area contributed by atoms with Crippen molar-refractivity contribution >= 4 is 27.3 Å². The summed E-state index contributed by atoms with van der Waals surface area (Å²) in [6.45, 7) is -0.144. The monoisotopic (exact) mass is 446 g/mol. The number of nitrogens with zero attached hydrogens (tertiary/aromatic N) is 1. The molecule has 3 rings (SSSR count). The fourth-order valence-electron chi connectivity index (χ4n) is 2.97. The number of carbonyl (C=O) groups excluding carboxylic acids is 1. The zero-order chi connectivity index (χ0) is 22.6. The lowest BCUT2D eigenvalue weighted by Crippen LogP contribution is -2.29. The minimum Gasteiger partial charge on any atom is -0.496 e. The molecule has 0 spiro atoms. The minimum atomic E-state index is -3.73. The van der Waals surface area contributed by atoms with E-state index >= 15 is 0 Å². The molecule has 9 heteroatoms. The van der Waals surface area contributed by atoms with Gasteiger partial charge < -0.3 is 10.1 Å². The predicted octanol–water partition coefficient (Wildman–Crippen LogP) is 4.19. The maximum absolute atomic E-state index is 13.4. The topological polar surface area (TPSA) is 75.7 Å². The zero-order valence-corrected chi connectivity index (χ0v) is 17.6. The Labute approximate surface area is 179 Å². The molecule has 0 saturated heterocycles. The number of rotatable bonds is 7. The van der Waals surface area contributed by atoms with Gasteiger partial charge in [0.05, 0.1) is 25.6 Å². The number of hydrogen-bond acceptors (Lipinski definition) is 4. The van der Waals surface area contributed by atoms with E-state index in [0.717, 1.165) is 22.7 Å². The predicted molar refractivity (Wildman–Crippen MR) is 115 cm³/mol. The molecule has 0 saturated carbocycles. The van der Waals surface area contributed by atoms with E-state index in [9.17, 15) is 22.0 Å². The Morgan fingerprint density at radius 2 is 1.71 bits per heavy atom. The first kappa shape index (κ1) is 22.2. The highest BCUT2D eigenvalue weighted by Crippen LogP contribution is 2.27. The van der Waals surface area contributed by atoms with E-state index in [0.29, 0.717) is 11.3 Å². The maximum atomic E-state index is 13.4. The van der Waals surface area contributed by atoms with E-state index in [4.69, 9.17) is 4.74 Å². The smallest absolute Gasteiger partial charge is 0.255 e. The average Bonchev–Trinajstić information content (AvgIpc) is 2.72. The lowest BCUT2D eigenvalue weighted by Gasteiger charge is -2.24. The Morgan fingerprint density at radius 3 is 2.32 bits per heavy atom. The maximum Gasteiger partial charge on any atom is 0.255 e. The summed E-state index contributed by atoms with van der Waals surface area (Å²) >= 11 is 0. The van der Waals surface area contributed by atoms with Crippen molar-refractivity contribution in [1.29, 1.82) is 0 Å². The van der Waals surface area contributed by atoms with Gasteiger partial charge in [0.25, 0.3) is 5.91 Å². The number of amides is 1. The van der Waals surface area contributed by atoms with Crippen molar-refractivity contribution in [2.45, 2.75) is 6.54 Å². The summed E-state index contributed by atoms with van der Waals surface area (Å²) < 4.78 is 57.8. The lowest BCUT2D eigenvalue weighted by molar-refractivity contribution is 0.102. The largest absolute Gasteiger partial charge is 0.496 e. The lowest BCUT2D eigenvalue weighted by atomic mass is 10.1. The van der Waals surface area contributed by atoms with Gasteiger partial charge in [-0.25, -0.2) is 17.2 Å². The second-order valence-electron chi connectivity index (χ2n) is 6.74. The van der Waals surface area contributed by atoms with Gasteiger partial charge in [0.1, 0.15) is 17.4 Å². The van der Waals surface area contributed by atoms with Crippen LogP contribution in [0.3, 0.4) is 0 Å². The Balaban J connectivity index is 1.93. The van der Waals surface area contributed by atoms with Crippen LogP contribution in [0, 0.1) is 11.6 Å². The first-order valence-corrected chi connectivity index (χ1v) is 11.0. The molecule has 3 aromatic carbocycles. The summed E-state index contributed by atoms with van der Waals surface area (Å²) in [6, 6.07) is 15.0. The molecule has 0 radical (unpaired) electrons. The number of anilines is 2. The van der Waals surface area contributed by atoms with E-state index in [1.807, 2.05) is 0 Å². The van der Waals surface area contributed by atoms with Crippen molar-refractivity contribution in [1.82, 2.24) is 0 Å². The van der Waals surface area contributed by atoms with Crippen LogP contribution in [0.4, 0.5) is 20.2 Å². The van der Waals surface area contributed by atoms with Crippen molar-refractivity contribution in [3.63, 3.8) is 0 Å². The highest BCUT2D eigenvalue weighted by molar-refractivity contribution is 7.92. The number of sulfonamides is 1. The molecular formula is C22H20F2N2O4S. The van der Waals surface area contributed by atoms with E-state index in [-0.39, 0.29) is 23.5 Å². The number of halogens is 2. The third kappa shape index (κ3) is 5.58. The van der Waals surface area contributed by atoms with Gasteiger partial charge in [0, 0.05) is 16.8 Å². The van der Waals surface area contributed by atoms with Gasteiger partial charge in [-0.15, -0.1) is 0 Å². The van der Waals surface area contributed by atoms with Crippen molar-refractivity contribution < 1.29 is 26.7 Å². The van der Waals surface area contributed by atoms with Crippen LogP contribution in [0.15, 0.2) is 66.7 Å². The molecule has 1 N–H and O–H groups in total. The number of benzene rings is 3. The normalized spacial score (nSPS) is 11.1. The highest BCUT2D eigenvalue weighted by Gasteiger charge is 2.21. The van der Waals surface area contributed by atoms with Crippen LogP contribution in [0.5, 0.6) is 5.75 Å². The summed E-state index contributed by atoms with van der Waals surface area (Å²) in [5.41, 5.74) is 1.20. The minimum absolute atomic E-state index is 0.144. The molecule has 0 fully saturated rings. The molecular weight excluding hydrogens is 426 g/mol. The number of methoxy groups -OCH3 is 1. The summed E-state index contributed by atoms with van der Waals surface area (Å²) in [5, 5.41) is 2.59. The van der Waals surface area contributed by atoms with Crippen molar-refractivity contribution in [2.24, 2.45) is 0 Å². The number of hydrogen-bond donors (Lipinski definition) is 1. The van der Waals surface area contributed by atoms with Gasteiger partial charge in [-0.2, -0.15) is 0 Å². The molecule has 162 valence electrons. The Hall–Kier alpha value is -3.46. The highest BCUT2D eigenvalue weighted by atomic mass is 32.2. The third-order valence-corrected chi connectivity index (χ3v) is 5.59. The van der Waals surface area contributed by atoms with Gasteiger partial charge in [0.15, 0.2) is 0 Å². The zero-order valence-electron chi connectivity index (χ0n) is 16.8. The van der Waals surface area contributed by atoms with Crippen LogP contribution in [-0.4, -0.2) is 27.7 Å². The molecule has 0 aliphatic rings. The number of nitrogens with one attached hydrogen (secondary N) is 1. The van der Waals surface area contributed by atoms with Crippen LogP contribution in [0.25, 0.3) is 0 Å². The summed E-state index contributed by atoms with van der Waals surface area (Å²) in [6.07, 6.45) is 1.03. The van der Waals surface area contributed by atoms with Crippen molar-refractivity contribution in [2.75, 3.05) is 23.0 Å². The quantitative estimate of drug-likeness (QED) is 0.591. The van der Waals surface area contributed by atoms with Gasteiger partial charge in [-0.3, -0.25) is 9.10 Å². The van der Waals surface area contributed by atoms with Crippen molar-refractivity contribution in [3.05, 3.63) is 89.5 Å². The molecule has 0 heterocycles. The fourth-order valence-corrected chi connectivity index (χ4v) is 3.85. The Morgan fingerprint density at radius 1 is 1.00 bits per heavy atom. The molecule has 31 heavy (non-hydrogen) atoms. The molecule has 0 bridgehead atoms. The fraction of sp³-hybridized carbons (Fsp3) is 0.136. The average molecular weight is 446 g/mol. The summed E-state index contributed by atoms with van der Waals surface area (Å²) in [5.74, 6) is -1.11. The first-order valence-electron chi connectivity index (χ1n) is 9.14. The molecule has 3 aromatic rings. The van der Waals surface area contributed by atoms with Crippen LogP contribution < -0.4 is 14.4 Å². The van der Waals surface area contributed by atoms with E-state index < -0.39 is 27.6 Å². The summed E-state index contributed by atoms with van der Waals surface area (Å²) in [7, 11) is -2.30. The molecule has 1 amide bonds. The molecule has 0 unspecified atom stereocenters. The van der Waals surface area contributed by atoms with Crippen LogP contribution >= 0.6 is 0 Å².